The van der Waals surface area contributed by atoms with Crippen LogP contribution in [0.15, 0.2) is 40.7 Å². The van der Waals surface area contributed by atoms with Gasteiger partial charge in [-0.2, -0.15) is 0 Å². The van der Waals surface area contributed by atoms with Gasteiger partial charge in [-0.05, 0) is 38.1 Å². The zero-order valence-electron chi connectivity index (χ0n) is 16.4. The first-order valence-corrected chi connectivity index (χ1v) is 9.01. The van der Waals surface area contributed by atoms with Crippen molar-refractivity contribution in [3.8, 4) is 0 Å². The third kappa shape index (κ3) is 2.66. The van der Waals surface area contributed by atoms with Gasteiger partial charge >= 0.3 is 12.0 Å². The number of aliphatic imine (C=N–C) groups is 1. The molecule has 152 valence electrons. The molecule has 0 saturated carbocycles. The molecule has 1 aromatic rings. The normalized spacial score (nSPS) is 23.6. The quantitative estimate of drug-likeness (QED) is 0.711. The van der Waals surface area contributed by atoms with Crippen LogP contribution in [0, 0.1) is 5.82 Å². The van der Waals surface area contributed by atoms with E-state index in [0.717, 1.165) is 16.3 Å². The Kier molecular flexibility index (Phi) is 4.29. The first kappa shape index (κ1) is 18.9. The number of urea groups is 1. The number of hydrogen-bond donors (Lipinski definition) is 0. The smallest absolute Gasteiger partial charge is 0.328 e. The average molecular weight is 401 g/mol. The molecule has 3 aliphatic rings. The Morgan fingerprint density at radius 1 is 1.17 bits per heavy atom. The number of carbonyl (C=O) groups excluding carboxylic acids is 3. The van der Waals surface area contributed by atoms with Crippen LogP contribution in [0.2, 0.25) is 0 Å². The maximum atomic E-state index is 13.4. The summed E-state index contributed by atoms with van der Waals surface area (Å²) in [4.78, 5) is 48.0. The summed E-state index contributed by atoms with van der Waals surface area (Å²) in [5, 5.41) is 0. The van der Waals surface area contributed by atoms with E-state index in [1.54, 1.807) is 17.0 Å². The summed E-state index contributed by atoms with van der Waals surface area (Å²) in [6.45, 7) is 3.27. The predicted octanol–water partition coefficient (Wildman–Crippen LogP) is 1.33. The van der Waals surface area contributed by atoms with E-state index >= 15 is 0 Å². The SMILES string of the molecule is COC(=O)CN1C(=O)C2C(N=C3N(c4ccc(F)cc4)C(C)=C(C)N32)N(C)C1=O. The van der Waals surface area contributed by atoms with Gasteiger partial charge in [-0.15, -0.1) is 0 Å². The van der Waals surface area contributed by atoms with Gasteiger partial charge in [0, 0.05) is 24.1 Å². The molecule has 0 bridgehead atoms. The monoisotopic (exact) mass is 401 g/mol. The van der Waals surface area contributed by atoms with Gasteiger partial charge in [0.1, 0.15) is 12.4 Å². The van der Waals surface area contributed by atoms with E-state index in [9.17, 15) is 18.8 Å². The van der Waals surface area contributed by atoms with Gasteiger partial charge in [0.05, 0.1) is 7.11 Å². The third-order valence-electron chi connectivity index (χ3n) is 5.49. The highest BCUT2D eigenvalue weighted by Gasteiger charge is 2.56. The standard InChI is InChI=1S/C19H20FN5O4/c1-10-11(2)25-15-16(21-18(25)24(10)13-7-5-12(20)6-8-13)22(3)19(28)23(17(15)27)9-14(26)29-4/h5-8,15-16H,9H2,1-4H3. The number of anilines is 1. The summed E-state index contributed by atoms with van der Waals surface area (Å²) in [5.74, 6) is -1.08. The Bertz CT molecular complexity index is 973. The molecular formula is C19H20FN5O4. The lowest BCUT2D eigenvalue weighted by atomic mass is 10.1. The number of carbonyl (C=O) groups is 3. The molecule has 9 nitrogen and oxygen atoms in total. The fourth-order valence-corrected chi connectivity index (χ4v) is 3.85. The number of imide groups is 1. The molecule has 0 radical (unpaired) electrons. The van der Waals surface area contributed by atoms with Gasteiger partial charge in [0.2, 0.25) is 5.96 Å². The molecule has 1 saturated heterocycles. The molecule has 2 atom stereocenters. The predicted molar refractivity (Wildman–Crippen MR) is 101 cm³/mol. The number of rotatable bonds is 3. The number of fused-ring (bicyclic) bond motifs is 3. The Balaban J connectivity index is 1.74. The largest absolute Gasteiger partial charge is 0.468 e. The molecule has 29 heavy (non-hydrogen) atoms. The number of benzene rings is 1. The molecular weight excluding hydrogens is 381 g/mol. The van der Waals surface area contributed by atoms with Gasteiger partial charge in [0.25, 0.3) is 5.91 Å². The molecule has 0 N–H and O–H groups in total. The Labute approximate surface area is 166 Å². The van der Waals surface area contributed by atoms with Gasteiger partial charge in [-0.3, -0.25) is 24.3 Å². The lowest BCUT2D eigenvalue weighted by Crippen LogP contribution is -2.65. The minimum absolute atomic E-state index is 0.357. The van der Waals surface area contributed by atoms with E-state index in [0.29, 0.717) is 11.6 Å². The number of amides is 3. The molecule has 3 heterocycles. The van der Waals surface area contributed by atoms with Crippen LogP contribution in [0.25, 0.3) is 0 Å². The summed E-state index contributed by atoms with van der Waals surface area (Å²) in [6, 6.07) is 4.54. The van der Waals surface area contributed by atoms with Crippen molar-refractivity contribution in [2.45, 2.75) is 26.1 Å². The topological polar surface area (TPSA) is 85.8 Å². The second-order valence-corrected chi connectivity index (χ2v) is 7.03. The van der Waals surface area contributed by atoms with E-state index < -0.39 is 36.7 Å². The summed E-state index contributed by atoms with van der Waals surface area (Å²) in [7, 11) is 2.74. The van der Waals surface area contributed by atoms with E-state index in [4.69, 9.17) is 0 Å². The minimum Gasteiger partial charge on any atom is -0.468 e. The molecule has 4 rings (SSSR count). The molecule has 3 aliphatic heterocycles. The van der Waals surface area contributed by atoms with Crippen molar-refractivity contribution in [2.24, 2.45) is 4.99 Å². The number of guanidine groups is 1. The summed E-state index contributed by atoms with van der Waals surface area (Å²) < 4.78 is 18.0. The first-order valence-electron chi connectivity index (χ1n) is 9.01. The zero-order chi connectivity index (χ0) is 21.0. The van der Waals surface area contributed by atoms with Crippen LogP contribution in [0.5, 0.6) is 0 Å². The first-order chi connectivity index (χ1) is 13.8. The average Bonchev–Trinajstić information content (AvgIpc) is 3.20. The van der Waals surface area contributed by atoms with Crippen molar-refractivity contribution in [3.05, 3.63) is 41.5 Å². The second kappa shape index (κ2) is 6.57. The highest BCUT2D eigenvalue weighted by atomic mass is 19.1. The van der Waals surface area contributed by atoms with Crippen molar-refractivity contribution in [2.75, 3.05) is 25.6 Å². The van der Waals surface area contributed by atoms with Crippen LogP contribution in [0.4, 0.5) is 14.9 Å². The van der Waals surface area contributed by atoms with Gasteiger partial charge in [-0.1, -0.05) is 0 Å². The Morgan fingerprint density at radius 2 is 1.83 bits per heavy atom. The maximum Gasteiger partial charge on any atom is 0.328 e. The molecule has 2 unspecified atom stereocenters. The van der Waals surface area contributed by atoms with E-state index in [1.165, 1.54) is 31.2 Å². The van der Waals surface area contributed by atoms with E-state index in [-0.39, 0.29) is 5.82 Å². The van der Waals surface area contributed by atoms with Crippen molar-refractivity contribution in [1.29, 1.82) is 0 Å². The van der Waals surface area contributed by atoms with Gasteiger partial charge in [0.15, 0.2) is 12.2 Å². The van der Waals surface area contributed by atoms with Crippen LogP contribution in [-0.2, 0) is 14.3 Å². The number of likely N-dealkylation sites (N-methyl/N-ethyl adjacent to an activating group) is 1. The van der Waals surface area contributed by atoms with Crippen LogP contribution in [-0.4, -0.2) is 71.5 Å². The fraction of sp³-hybridized carbons (Fsp3) is 0.368. The molecule has 1 fully saturated rings. The van der Waals surface area contributed by atoms with Crippen LogP contribution in [0.1, 0.15) is 13.8 Å². The Morgan fingerprint density at radius 3 is 2.45 bits per heavy atom. The molecule has 10 heteroatoms. The molecule has 0 spiro atoms. The van der Waals surface area contributed by atoms with Gasteiger partial charge in [-0.25, -0.2) is 14.2 Å². The number of esters is 1. The number of hydrogen-bond acceptors (Lipinski definition) is 7. The van der Waals surface area contributed by atoms with Gasteiger partial charge < -0.3 is 9.64 Å². The lowest BCUT2D eigenvalue weighted by molar-refractivity contribution is -0.148. The van der Waals surface area contributed by atoms with Crippen molar-refractivity contribution < 1.29 is 23.5 Å². The number of methoxy groups -OCH3 is 1. The zero-order valence-corrected chi connectivity index (χ0v) is 16.4. The second-order valence-electron chi connectivity index (χ2n) is 7.03. The van der Waals surface area contributed by atoms with Crippen molar-refractivity contribution in [1.82, 2.24) is 14.7 Å². The minimum atomic E-state index is -0.794. The van der Waals surface area contributed by atoms with Crippen LogP contribution in [0.3, 0.4) is 0 Å². The van der Waals surface area contributed by atoms with Crippen LogP contribution >= 0.6 is 0 Å². The third-order valence-corrected chi connectivity index (χ3v) is 5.49. The lowest BCUT2D eigenvalue weighted by Gasteiger charge is -2.40. The summed E-state index contributed by atoms with van der Waals surface area (Å²) in [6.07, 6.45) is -0.732. The number of ether oxygens (including phenoxy) is 1. The van der Waals surface area contributed by atoms with E-state index in [1.807, 2.05) is 18.7 Å². The number of halogens is 1. The summed E-state index contributed by atoms with van der Waals surface area (Å²) >= 11 is 0. The van der Waals surface area contributed by atoms with Crippen molar-refractivity contribution >= 4 is 29.6 Å². The summed E-state index contributed by atoms with van der Waals surface area (Å²) in [5.41, 5.74) is 2.31. The fourth-order valence-electron chi connectivity index (χ4n) is 3.85. The molecule has 1 aromatic carbocycles. The molecule has 3 amide bonds. The molecule has 0 aromatic heterocycles. The highest BCUT2D eigenvalue weighted by molar-refractivity contribution is 6.11. The van der Waals surface area contributed by atoms with E-state index in [2.05, 4.69) is 9.73 Å². The maximum absolute atomic E-state index is 13.4. The molecule has 0 aliphatic carbocycles. The Hall–Kier alpha value is -3.43. The highest BCUT2D eigenvalue weighted by Crippen LogP contribution is 2.39. The number of nitrogens with zero attached hydrogens (tertiary/aromatic N) is 5. The van der Waals surface area contributed by atoms with Crippen LogP contribution < -0.4 is 4.90 Å². The van der Waals surface area contributed by atoms with Crippen molar-refractivity contribution in [3.63, 3.8) is 0 Å². The number of allylic oxidation sites excluding steroid dienone is 2.